The van der Waals surface area contributed by atoms with E-state index in [1.54, 1.807) is 18.0 Å². The Labute approximate surface area is 102 Å². The Morgan fingerprint density at radius 3 is 2.44 bits per heavy atom. The predicted octanol–water partition coefficient (Wildman–Crippen LogP) is 2.28. The summed E-state index contributed by atoms with van der Waals surface area (Å²) >= 11 is 6.10. The van der Waals surface area contributed by atoms with Crippen LogP contribution in [0.3, 0.4) is 0 Å². The number of ether oxygens (including phenoxy) is 1. The van der Waals surface area contributed by atoms with Crippen LogP contribution < -0.4 is 5.73 Å². The lowest BCUT2D eigenvalue weighted by Gasteiger charge is -2.36. The van der Waals surface area contributed by atoms with E-state index in [2.05, 4.69) is 18.9 Å². The Morgan fingerprint density at radius 2 is 2.12 bits per heavy atom. The van der Waals surface area contributed by atoms with Crippen molar-refractivity contribution in [2.24, 2.45) is 12.8 Å². The van der Waals surface area contributed by atoms with Crippen LogP contribution in [0.4, 0.5) is 0 Å². The SMILES string of the molecule is CCC(CC)(OC)C(N)c1c(Cl)cnn1C. The van der Waals surface area contributed by atoms with Crippen LogP contribution in [-0.2, 0) is 11.8 Å². The zero-order valence-corrected chi connectivity index (χ0v) is 11.1. The summed E-state index contributed by atoms with van der Waals surface area (Å²) in [7, 11) is 3.53. The smallest absolute Gasteiger partial charge is 0.0881 e. The van der Waals surface area contributed by atoms with Gasteiger partial charge in [-0.3, -0.25) is 4.68 Å². The Bertz CT molecular complexity index is 319. The van der Waals surface area contributed by atoms with Gasteiger partial charge in [0.2, 0.25) is 0 Å². The minimum absolute atomic E-state index is 0.271. The van der Waals surface area contributed by atoms with Gasteiger partial charge in [-0.05, 0) is 12.8 Å². The van der Waals surface area contributed by atoms with E-state index >= 15 is 0 Å². The highest BCUT2D eigenvalue weighted by Gasteiger charge is 2.37. The van der Waals surface area contributed by atoms with E-state index < -0.39 is 0 Å². The molecule has 0 amide bonds. The zero-order valence-electron chi connectivity index (χ0n) is 10.3. The quantitative estimate of drug-likeness (QED) is 0.866. The van der Waals surface area contributed by atoms with E-state index in [0.29, 0.717) is 5.02 Å². The van der Waals surface area contributed by atoms with Gasteiger partial charge in [-0.1, -0.05) is 25.4 Å². The van der Waals surface area contributed by atoms with Gasteiger partial charge in [0, 0.05) is 14.2 Å². The lowest BCUT2D eigenvalue weighted by molar-refractivity contribution is -0.0403. The van der Waals surface area contributed by atoms with E-state index in [4.69, 9.17) is 22.1 Å². The fraction of sp³-hybridized carbons (Fsp3) is 0.727. The van der Waals surface area contributed by atoms with Gasteiger partial charge < -0.3 is 10.5 Å². The molecule has 1 rings (SSSR count). The fourth-order valence-electron chi connectivity index (χ4n) is 2.12. The normalized spacial score (nSPS) is 14.1. The average Bonchev–Trinajstić information content (AvgIpc) is 2.61. The maximum Gasteiger partial charge on any atom is 0.0881 e. The topological polar surface area (TPSA) is 53.1 Å². The molecular formula is C11H20ClN3O. The molecule has 4 nitrogen and oxygen atoms in total. The Kier molecular flexibility index (Phi) is 4.35. The molecule has 1 unspecified atom stereocenters. The summed E-state index contributed by atoms with van der Waals surface area (Å²) in [5, 5.41) is 4.70. The van der Waals surface area contributed by atoms with Crippen molar-refractivity contribution in [2.75, 3.05) is 7.11 Å². The van der Waals surface area contributed by atoms with E-state index in [0.717, 1.165) is 18.5 Å². The minimum atomic E-state index is -0.378. The zero-order chi connectivity index (χ0) is 12.3. The van der Waals surface area contributed by atoms with Crippen LogP contribution in [0.5, 0.6) is 0 Å². The molecule has 0 aliphatic heterocycles. The second-order valence-corrected chi connectivity index (χ2v) is 4.36. The van der Waals surface area contributed by atoms with Gasteiger partial charge in [0.15, 0.2) is 0 Å². The number of nitrogens with zero attached hydrogens (tertiary/aromatic N) is 2. The first-order chi connectivity index (χ1) is 7.52. The second-order valence-electron chi connectivity index (χ2n) is 3.96. The number of halogens is 1. The monoisotopic (exact) mass is 245 g/mol. The molecule has 1 aromatic heterocycles. The molecule has 0 spiro atoms. The van der Waals surface area contributed by atoms with Gasteiger partial charge in [0.1, 0.15) is 0 Å². The molecule has 1 heterocycles. The van der Waals surface area contributed by atoms with Crippen molar-refractivity contribution in [2.45, 2.75) is 38.3 Å². The third-order valence-electron chi connectivity index (χ3n) is 3.40. The summed E-state index contributed by atoms with van der Waals surface area (Å²) in [6.07, 6.45) is 3.29. The largest absolute Gasteiger partial charge is 0.376 e. The standard InChI is InChI=1S/C11H20ClN3O/c1-5-11(6-2,16-4)10(13)9-8(12)7-14-15(9)3/h7,10H,5-6,13H2,1-4H3. The van der Waals surface area contributed by atoms with E-state index in [-0.39, 0.29) is 11.6 Å². The van der Waals surface area contributed by atoms with Crippen molar-refractivity contribution in [3.63, 3.8) is 0 Å². The van der Waals surface area contributed by atoms with Crippen LogP contribution in [-0.4, -0.2) is 22.5 Å². The van der Waals surface area contributed by atoms with Crippen molar-refractivity contribution in [1.29, 1.82) is 0 Å². The number of aromatic nitrogens is 2. The summed E-state index contributed by atoms with van der Waals surface area (Å²) in [5.41, 5.74) is 6.73. The molecule has 2 N–H and O–H groups in total. The number of hydrogen-bond donors (Lipinski definition) is 1. The van der Waals surface area contributed by atoms with E-state index in [1.807, 2.05) is 7.05 Å². The molecule has 0 fully saturated rings. The molecule has 0 saturated heterocycles. The van der Waals surface area contributed by atoms with Crippen molar-refractivity contribution in [3.8, 4) is 0 Å². The van der Waals surface area contributed by atoms with Crippen molar-refractivity contribution < 1.29 is 4.74 Å². The first-order valence-electron chi connectivity index (χ1n) is 5.50. The minimum Gasteiger partial charge on any atom is -0.376 e. The van der Waals surface area contributed by atoms with Crippen molar-refractivity contribution >= 4 is 11.6 Å². The van der Waals surface area contributed by atoms with Gasteiger partial charge in [-0.15, -0.1) is 0 Å². The van der Waals surface area contributed by atoms with Crippen LogP contribution in [0.25, 0.3) is 0 Å². The Morgan fingerprint density at radius 1 is 1.56 bits per heavy atom. The maximum atomic E-state index is 6.28. The highest BCUT2D eigenvalue weighted by atomic mass is 35.5. The summed E-state index contributed by atoms with van der Waals surface area (Å²) in [5.74, 6) is 0. The number of rotatable bonds is 5. The average molecular weight is 246 g/mol. The highest BCUT2D eigenvalue weighted by Crippen LogP contribution is 2.35. The highest BCUT2D eigenvalue weighted by molar-refractivity contribution is 6.31. The molecule has 16 heavy (non-hydrogen) atoms. The third-order valence-corrected chi connectivity index (χ3v) is 3.69. The van der Waals surface area contributed by atoms with Gasteiger partial charge in [0.25, 0.3) is 0 Å². The fourth-order valence-corrected chi connectivity index (χ4v) is 2.41. The summed E-state index contributed by atoms with van der Waals surface area (Å²) < 4.78 is 7.32. The van der Waals surface area contributed by atoms with Crippen molar-refractivity contribution in [3.05, 3.63) is 16.9 Å². The number of hydrogen-bond acceptors (Lipinski definition) is 3. The first-order valence-corrected chi connectivity index (χ1v) is 5.88. The number of nitrogens with two attached hydrogens (primary N) is 1. The Balaban J connectivity index is 3.13. The summed E-state index contributed by atoms with van der Waals surface area (Å²) in [4.78, 5) is 0. The molecule has 0 aliphatic carbocycles. The molecule has 1 aromatic rings. The van der Waals surface area contributed by atoms with Crippen molar-refractivity contribution in [1.82, 2.24) is 9.78 Å². The second kappa shape index (κ2) is 5.17. The molecular weight excluding hydrogens is 226 g/mol. The molecule has 0 aliphatic rings. The van der Waals surface area contributed by atoms with E-state index in [1.165, 1.54) is 0 Å². The molecule has 5 heteroatoms. The van der Waals surface area contributed by atoms with Gasteiger partial charge in [-0.25, -0.2) is 0 Å². The van der Waals surface area contributed by atoms with E-state index in [9.17, 15) is 0 Å². The van der Waals surface area contributed by atoms with Gasteiger partial charge in [-0.2, -0.15) is 5.10 Å². The number of aryl methyl sites for hydroxylation is 1. The molecule has 92 valence electrons. The number of methoxy groups -OCH3 is 1. The predicted molar refractivity (Wildman–Crippen MR) is 65.5 cm³/mol. The van der Waals surface area contributed by atoms with Crippen LogP contribution in [0, 0.1) is 0 Å². The van der Waals surface area contributed by atoms with Gasteiger partial charge in [0.05, 0.1) is 28.6 Å². The van der Waals surface area contributed by atoms with Crippen LogP contribution >= 0.6 is 11.6 Å². The molecule has 0 saturated carbocycles. The molecule has 1 atom stereocenters. The third kappa shape index (κ3) is 2.10. The van der Waals surface area contributed by atoms with Crippen LogP contribution in [0.2, 0.25) is 5.02 Å². The Hall–Kier alpha value is -0.580. The lowest BCUT2D eigenvalue weighted by Crippen LogP contribution is -2.43. The molecule has 0 aromatic carbocycles. The summed E-state index contributed by atoms with van der Waals surface area (Å²) in [6.45, 7) is 4.13. The van der Waals surface area contributed by atoms with Crippen LogP contribution in [0.15, 0.2) is 6.20 Å². The molecule has 0 bridgehead atoms. The first kappa shape index (κ1) is 13.5. The van der Waals surface area contributed by atoms with Crippen LogP contribution in [0.1, 0.15) is 38.4 Å². The molecule has 0 radical (unpaired) electrons. The maximum absolute atomic E-state index is 6.28. The lowest BCUT2D eigenvalue weighted by atomic mass is 9.86. The van der Waals surface area contributed by atoms with Gasteiger partial charge >= 0.3 is 0 Å². The summed E-state index contributed by atoms with van der Waals surface area (Å²) in [6, 6.07) is -0.271.